The van der Waals surface area contributed by atoms with Crippen molar-refractivity contribution >= 4 is 0 Å². The zero-order valence-electron chi connectivity index (χ0n) is 9.84. The van der Waals surface area contributed by atoms with Crippen molar-refractivity contribution in [3.05, 3.63) is 23.4 Å². The number of nitrogens with zero attached hydrogens (tertiary/aromatic N) is 1. The van der Waals surface area contributed by atoms with E-state index in [9.17, 15) is 13.2 Å². The predicted octanol–water partition coefficient (Wildman–Crippen LogP) is 2.46. The molecule has 1 saturated heterocycles. The van der Waals surface area contributed by atoms with Gasteiger partial charge in [0.1, 0.15) is 11.8 Å². The number of rotatable bonds is 0. The molecule has 2 aliphatic heterocycles. The summed E-state index contributed by atoms with van der Waals surface area (Å²) in [4.78, 5) is 3.61. The molecule has 0 aromatic carbocycles. The number of hydrogen-bond donors (Lipinski definition) is 1. The third-order valence-corrected chi connectivity index (χ3v) is 3.74. The first-order valence-corrected chi connectivity index (χ1v) is 5.92. The van der Waals surface area contributed by atoms with Gasteiger partial charge in [-0.15, -0.1) is 0 Å². The second-order valence-electron chi connectivity index (χ2n) is 4.92. The highest BCUT2D eigenvalue weighted by Crippen LogP contribution is 2.44. The monoisotopic (exact) mass is 258 g/mol. The molecule has 1 fully saturated rings. The van der Waals surface area contributed by atoms with Crippen LogP contribution in [0.2, 0.25) is 0 Å². The largest absolute Gasteiger partial charge is 0.472 e. The summed E-state index contributed by atoms with van der Waals surface area (Å²) in [6.07, 6.45) is -2.76. The van der Waals surface area contributed by atoms with E-state index in [1.165, 1.54) is 6.07 Å². The molecule has 1 aromatic heterocycles. The van der Waals surface area contributed by atoms with Gasteiger partial charge in [-0.05, 0) is 38.4 Å². The molecular formula is C12H13F3N2O. The number of halogens is 3. The zero-order valence-corrected chi connectivity index (χ0v) is 9.84. The lowest BCUT2D eigenvalue weighted by molar-refractivity contribution is -0.141. The van der Waals surface area contributed by atoms with Gasteiger partial charge in [0.05, 0.1) is 5.54 Å². The fourth-order valence-electron chi connectivity index (χ4n) is 2.70. The molecule has 0 radical (unpaired) electrons. The van der Waals surface area contributed by atoms with E-state index in [2.05, 4.69) is 10.3 Å². The summed E-state index contributed by atoms with van der Waals surface area (Å²) >= 11 is 0. The second-order valence-corrected chi connectivity index (χ2v) is 4.92. The van der Waals surface area contributed by atoms with Crippen LogP contribution in [0.25, 0.3) is 0 Å². The van der Waals surface area contributed by atoms with Crippen LogP contribution in [0.15, 0.2) is 12.1 Å². The fourth-order valence-corrected chi connectivity index (χ4v) is 2.70. The molecule has 0 amide bonds. The van der Waals surface area contributed by atoms with Crippen LogP contribution < -0.4 is 10.1 Å². The number of ether oxygens (including phenoxy) is 1. The van der Waals surface area contributed by atoms with Crippen molar-refractivity contribution in [2.24, 2.45) is 0 Å². The van der Waals surface area contributed by atoms with Gasteiger partial charge in [0.15, 0.2) is 0 Å². The Hall–Kier alpha value is -1.30. The summed E-state index contributed by atoms with van der Waals surface area (Å²) < 4.78 is 43.3. The smallest absolute Gasteiger partial charge is 0.433 e. The molecule has 0 unspecified atom stereocenters. The van der Waals surface area contributed by atoms with Crippen LogP contribution in [0.3, 0.4) is 0 Å². The third-order valence-electron chi connectivity index (χ3n) is 3.74. The van der Waals surface area contributed by atoms with Crippen LogP contribution in [0.5, 0.6) is 5.88 Å². The number of fused-ring (bicyclic) bond motifs is 3. The Kier molecular flexibility index (Phi) is 2.35. The Morgan fingerprint density at radius 2 is 2.22 bits per heavy atom. The van der Waals surface area contributed by atoms with E-state index >= 15 is 0 Å². The highest BCUT2D eigenvalue weighted by Gasteiger charge is 2.48. The van der Waals surface area contributed by atoms with Crippen LogP contribution in [0.1, 0.15) is 31.0 Å². The SMILES string of the molecule is C[C@@]12NCCC[C@@H]1Oc1nc(C(F)(F)F)ccc12. The number of hydrogen-bond acceptors (Lipinski definition) is 3. The van der Waals surface area contributed by atoms with Crippen LogP contribution in [0, 0.1) is 0 Å². The predicted molar refractivity (Wildman–Crippen MR) is 58.2 cm³/mol. The number of aromatic nitrogens is 1. The molecule has 3 rings (SSSR count). The van der Waals surface area contributed by atoms with E-state index in [0.717, 1.165) is 31.0 Å². The standard InChI is InChI=1S/C12H13F3N2O/c1-11-7-4-5-8(12(13,14)15)17-10(7)18-9(11)3-2-6-16-11/h4-5,9,16H,2-3,6H2,1H3/t9-,11-/m0/s1. The van der Waals surface area contributed by atoms with Crippen LogP contribution in [-0.2, 0) is 11.7 Å². The minimum Gasteiger partial charge on any atom is -0.472 e. The molecule has 0 saturated carbocycles. The fraction of sp³-hybridized carbons (Fsp3) is 0.583. The van der Waals surface area contributed by atoms with Gasteiger partial charge in [-0.1, -0.05) is 0 Å². The minimum atomic E-state index is -4.43. The zero-order chi connectivity index (χ0) is 13.0. The molecule has 3 nitrogen and oxygen atoms in total. The summed E-state index contributed by atoms with van der Waals surface area (Å²) in [7, 11) is 0. The van der Waals surface area contributed by atoms with E-state index in [0.29, 0.717) is 0 Å². The van der Waals surface area contributed by atoms with Crippen molar-refractivity contribution in [1.29, 1.82) is 0 Å². The van der Waals surface area contributed by atoms with Gasteiger partial charge in [0.25, 0.3) is 0 Å². The summed E-state index contributed by atoms with van der Waals surface area (Å²) in [5, 5.41) is 3.33. The van der Waals surface area contributed by atoms with Crippen molar-refractivity contribution in [2.45, 2.75) is 37.6 Å². The lowest BCUT2D eigenvalue weighted by Gasteiger charge is -2.35. The first-order chi connectivity index (χ1) is 8.41. The average Bonchev–Trinajstić information content (AvgIpc) is 2.60. The maximum atomic E-state index is 12.6. The molecule has 1 aromatic rings. The van der Waals surface area contributed by atoms with E-state index in [4.69, 9.17) is 4.74 Å². The molecule has 18 heavy (non-hydrogen) atoms. The summed E-state index contributed by atoms with van der Waals surface area (Å²) in [5.74, 6) is 0.117. The average molecular weight is 258 g/mol. The van der Waals surface area contributed by atoms with Crippen molar-refractivity contribution in [2.75, 3.05) is 6.54 Å². The molecule has 0 spiro atoms. The van der Waals surface area contributed by atoms with Gasteiger partial charge in [-0.3, -0.25) is 0 Å². The number of nitrogens with one attached hydrogen (secondary N) is 1. The molecule has 1 N–H and O–H groups in total. The van der Waals surface area contributed by atoms with E-state index in [1.54, 1.807) is 0 Å². The molecule has 98 valence electrons. The highest BCUT2D eigenvalue weighted by molar-refractivity contribution is 5.41. The summed E-state index contributed by atoms with van der Waals surface area (Å²) in [5.41, 5.74) is -0.589. The summed E-state index contributed by atoms with van der Waals surface area (Å²) in [6, 6.07) is 2.50. The van der Waals surface area contributed by atoms with Crippen molar-refractivity contribution < 1.29 is 17.9 Å². The van der Waals surface area contributed by atoms with Crippen LogP contribution in [0.4, 0.5) is 13.2 Å². The Bertz CT molecular complexity index is 489. The van der Waals surface area contributed by atoms with Gasteiger partial charge < -0.3 is 10.1 Å². The molecular weight excluding hydrogens is 245 g/mol. The Labute approximate surface area is 102 Å². The van der Waals surface area contributed by atoms with Gasteiger partial charge in [0, 0.05) is 5.56 Å². The Morgan fingerprint density at radius 3 is 2.94 bits per heavy atom. The number of piperidine rings is 1. The van der Waals surface area contributed by atoms with E-state index in [1.807, 2.05) is 6.92 Å². The molecule has 0 bridgehead atoms. The van der Waals surface area contributed by atoms with Crippen molar-refractivity contribution in [3.8, 4) is 5.88 Å². The second kappa shape index (κ2) is 3.60. The normalized spacial score (nSPS) is 30.6. The third kappa shape index (κ3) is 1.59. The van der Waals surface area contributed by atoms with Gasteiger partial charge in [-0.25, -0.2) is 4.98 Å². The van der Waals surface area contributed by atoms with E-state index < -0.39 is 17.4 Å². The van der Waals surface area contributed by atoms with Gasteiger partial charge in [0.2, 0.25) is 5.88 Å². The first-order valence-electron chi connectivity index (χ1n) is 5.92. The number of pyridine rings is 1. The Morgan fingerprint density at radius 1 is 1.44 bits per heavy atom. The molecule has 0 aliphatic carbocycles. The summed E-state index contributed by atoms with van der Waals surface area (Å²) in [6.45, 7) is 2.80. The van der Waals surface area contributed by atoms with Crippen LogP contribution in [-0.4, -0.2) is 17.6 Å². The lowest BCUT2D eigenvalue weighted by Crippen LogP contribution is -2.51. The Balaban J connectivity index is 2.04. The van der Waals surface area contributed by atoms with E-state index in [-0.39, 0.29) is 12.0 Å². The van der Waals surface area contributed by atoms with Crippen LogP contribution >= 0.6 is 0 Å². The molecule has 3 heterocycles. The lowest BCUT2D eigenvalue weighted by atomic mass is 9.84. The molecule has 2 atom stereocenters. The maximum absolute atomic E-state index is 12.6. The maximum Gasteiger partial charge on any atom is 0.433 e. The van der Waals surface area contributed by atoms with Crippen molar-refractivity contribution in [1.82, 2.24) is 10.3 Å². The number of alkyl halides is 3. The topological polar surface area (TPSA) is 34.1 Å². The quantitative estimate of drug-likeness (QED) is 0.776. The molecule has 2 aliphatic rings. The molecule has 6 heteroatoms. The minimum absolute atomic E-state index is 0.117. The first kappa shape index (κ1) is 11.8. The van der Waals surface area contributed by atoms with Gasteiger partial charge >= 0.3 is 6.18 Å². The highest BCUT2D eigenvalue weighted by atomic mass is 19.4. The van der Waals surface area contributed by atoms with Crippen molar-refractivity contribution in [3.63, 3.8) is 0 Å². The van der Waals surface area contributed by atoms with Gasteiger partial charge in [-0.2, -0.15) is 13.2 Å².